The summed E-state index contributed by atoms with van der Waals surface area (Å²) in [7, 11) is -3.75. The highest BCUT2D eigenvalue weighted by Crippen LogP contribution is 2.31. The maximum atomic E-state index is 11.2. The third kappa shape index (κ3) is 6.73. The Bertz CT molecular complexity index is 870. The first-order chi connectivity index (χ1) is 12.3. The molecule has 0 amide bonds. The fourth-order valence-corrected chi connectivity index (χ4v) is 2.93. The minimum absolute atomic E-state index is 0. The van der Waals surface area contributed by atoms with Gasteiger partial charge in [0.15, 0.2) is 0 Å². The van der Waals surface area contributed by atoms with Gasteiger partial charge in [-0.25, -0.2) is 13.6 Å². The molecule has 0 aliphatic rings. The van der Waals surface area contributed by atoms with E-state index in [1.54, 1.807) is 23.1 Å². The molecule has 0 atom stereocenters. The molecule has 0 spiro atoms. The summed E-state index contributed by atoms with van der Waals surface area (Å²) in [5, 5.41) is 31.7. The lowest BCUT2D eigenvalue weighted by Gasteiger charge is -2.23. The first kappa shape index (κ1) is 23.3. The van der Waals surface area contributed by atoms with Gasteiger partial charge in [0, 0.05) is 18.8 Å². The predicted octanol–water partition coefficient (Wildman–Crippen LogP) is 2.62. The van der Waals surface area contributed by atoms with E-state index in [-0.39, 0.29) is 30.5 Å². The maximum Gasteiger partial charge on any atom is 0.238 e. The monoisotopic (exact) mass is 434 g/mol. The quantitative estimate of drug-likeness (QED) is 0.549. The average molecular weight is 435 g/mol. The number of aliphatic hydroxyl groups is 2. The van der Waals surface area contributed by atoms with E-state index in [0.717, 1.165) is 5.69 Å². The summed E-state index contributed by atoms with van der Waals surface area (Å²) >= 11 is 6.22. The van der Waals surface area contributed by atoms with E-state index < -0.39 is 10.0 Å². The Kier molecular flexibility index (Phi) is 9.10. The maximum absolute atomic E-state index is 11.2. The SMILES string of the molecule is Cl.NS(=O)(=O)c1ccc(N=Nc2ccc(N(CCO)CCO)cc2Cl)cc1. The number of anilines is 1. The minimum Gasteiger partial charge on any atom is -0.395 e. The van der Waals surface area contributed by atoms with Gasteiger partial charge in [-0.2, -0.15) is 5.11 Å². The molecule has 0 saturated heterocycles. The summed E-state index contributed by atoms with van der Waals surface area (Å²) in [5.41, 5.74) is 1.62. The smallest absolute Gasteiger partial charge is 0.238 e. The van der Waals surface area contributed by atoms with Gasteiger partial charge in [0.05, 0.1) is 28.8 Å². The molecule has 0 heterocycles. The van der Waals surface area contributed by atoms with Crippen molar-refractivity contribution in [2.24, 2.45) is 15.4 Å². The molecule has 0 saturated carbocycles. The van der Waals surface area contributed by atoms with Crippen molar-refractivity contribution >= 4 is 51.1 Å². The molecule has 4 N–H and O–H groups in total. The van der Waals surface area contributed by atoms with E-state index >= 15 is 0 Å². The molecule has 0 radical (unpaired) electrons. The third-order valence-corrected chi connectivity index (χ3v) is 4.71. The lowest BCUT2D eigenvalue weighted by molar-refractivity contribution is 0.281. The number of nitrogens with two attached hydrogens (primary N) is 1. The number of azo groups is 1. The Morgan fingerprint density at radius 1 is 1.00 bits per heavy atom. The Labute approximate surface area is 168 Å². The molecule has 0 aliphatic heterocycles. The van der Waals surface area contributed by atoms with Crippen LogP contribution in [0, 0.1) is 0 Å². The van der Waals surface area contributed by atoms with Gasteiger partial charge >= 0.3 is 0 Å². The first-order valence-corrected chi connectivity index (χ1v) is 9.58. The van der Waals surface area contributed by atoms with Gasteiger partial charge in [-0.05, 0) is 42.5 Å². The van der Waals surface area contributed by atoms with Crippen LogP contribution in [0.5, 0.6) is 0 Å². The molecular weight excluding hydrogens is 415 g/mol. The topological polar surface area (TPSA) is 129 Å². The molecule has 8 nitrogen and oxygen atoms in total. The summed E-state index contributed by atoms with van der Waals surface area (Å²) in [6, 6.07) is 10.8. The summed E-state index contributed by atoms with van der Waals surface area (Å²) in [5.74, 6) is 0. The lowest BCUT2D eigenvalue weighted by Crippen LogP contribution is -2.29. The lowest BCUT2D eigenvalue weighted by atomic mass is 10.2. The highest BCUT2D eigenvalue weighted by atomic mass is 35.5. The van der Waals surface area contributed by atoms with Crippen LogP contribution in [0.3, 0.4) is 0 Å². The summed E-state index contributed by atoms with van der Waals surface area (Å²) in [4.78, 5) is 1.78. The van der Waals surface area contributed by atoms with Crippen LogP contribution in [0.15, 0.2) is 57.6 Å². The number of hydrogen-bond acceptors (Lipinski definition) is 7. The zero-order valence-electron chi connectivity index (χ0n) is 14.2. The Balaban J connectivity index is 0.00000364. The van der Waals surface area contributed by atoms with Gasteiger partial charge < -0.3 is 15.1 Å². The van der Waals surface area contributed by atoms with Crippen molar-refractivity contribution in [1.82, 2.24) is 0 Å². The van der Waals surface area contributed by atoms with Crippen molar-refractivity contribution in [2.75, 3.05) is 31.2 Å². The highest BCUT2D eigenvalue weighted by molar-refractivity contribution is 7.89. The van der Waals surface area contributed by atoms with Gasteiger partial charge in [-0.3, -0.25) is 0 Å². The largest absolute Gasteiger partial charge is 0.395 e. The second kappa shape index (κ2) is 10.5. The van der Waals surface area contributed by atoms with Crippen LogP contribution in [0.2, 0.25) is 5.02 Å². The number of nitrogens with zero attached hydrogens (tertiary/aromatic N) is 3. The van der Waals surface area contributed by atoms with E-state index in [2.05, 4.69) is 10.2 Å². The molecule has 27 heavy (non-hydrogen) atoms. The van der Waals surface area contributed by atoms with Crippen molar-refractivity contribution in [3.63, 3.8) is 0 Å². The van der Waals surface area contributed by atoms with E-state index in [1.165, 1.54) is 24.3 Å². The fourth-order valence-electron chi connectivity index (χ4n) is 2.20. The molecule has 11 heteroatoms. The molecule has 0 aliphatic carbocycles. The molecule has 0 fully saturated rings. The van der Waals surface area contributed by atoms with Crippen LogP contribution in [-0.2, 0) is 10.0 Å². The summed E-state index contributed by atoms with van der Waals surface area (Å²) < 4.78 is 22.4. The van der Waals surface area contributed by atoms with E-state index in [4.69, 9.17) is 27.0 Å². The van der Waals surface area contributed by atoms with Crippen LogP contribution >= 0.6 is 24.0 Å². The fraction of sp³-hybridized carbons (Fsp3) is 0.250. The van der Waals surface area contributed by atoms with Crippen LogP contribution < -0.4 is 10.0 Å². The molecule has 148 valence electrons. The second-order valence-electron chi connectivity index (χ2n) is 5.31. The first-order valence-electron chi connectivity index (χ1n) is 7.66. The van der Waals surface area contributed by atoms with Gasteiger partial charge in [-0.15, -0.1) is 17.5 Å². The van der Waals surface area contributed by atoms with Gasteiger partial charge in [0.2, 0.25) is 10.0 Å². The molecule has 0 bridgehead atoms. The number of sulfonamides is 1. The third-order valence-electron chi connectivity index (χ3n) is 3.47. The molecule has 2 rings (SSSR count). The number of halogens is 2. The summed E-state index contributed by atoms with van der Waals surface area (Å²) in [6.07, 6.45) is 0. The number of rotatable bonds is 8. The van der Waals surface area contributed by atoms with Crippen molar-refractivity contribution < 1.29 is 18.6 Å². The van der Waals surface area contributed by atoms with Crippen molar-refractivity contribution in [1.29, 1.82) is 0 Å². The van der Waals surface area contributed by atoms with Crippen molar-refractivity contribution in [3.8, 4) is 0 Å². The van der Waals surface area contributed by atoms with Crippen LogP contribution in [0.25, 0.3) is 0 Å². The van der Waals surface area contributed by atoms with E-state index in [1.807, 2.05) is 0 Å². The number of aliphatic hydroxyl groups excluding tert-OH is 2. The molecule has 2 aromatic carbocycles. The van der Waals surface area contributed by atoms with Crippen LogP contribution in [0.4, 0.5) is 17.1 Å². The van der Waals surface area contributed by atoms with Crippen molar-refractivity contribution in [2.45, 2.75) is 4.90 Å². The number of primary sulfonamides is 1. The highest BCUT2D eigenvalue weighted by Gasteiger charge is 2.09. The van der Waals surface area contributed by atoms with Crippen LogP contribution in [0.1, 0.15) is 0 Å². The Morgan fingerprint density at radius 2 is 1.59 bits per heavy atom. The molecular formula is C16H20Cl2N4O4S. The molecule has 0 aromatic heterocycles. The van der Waals surface area contributed by atoms with Gasteiger partial charge in [-0.1, -0.05) is 11.6 Å². The average Bonchev–Trinajstić information content (AvgIpc) is 2.60. The zero-order chi connectivity index (χ0) is 19.2. The van der Waals surface area contributed by atoms with E-state index in [0.29, 0.717) is 29.5 Å². The Hall–Kier alpha value is -1.75. The predicted molar refractivity (Wildman–Crippen MR) is 107 cm³/mol. The van der Waals surface area contributed by atoms with E-state index in [9.17, 15) is 8.42 Å². The van der Waals surface area contributed by atoms with Gasteiger partial charge in [0.1, 0.15) is 5.69 Å². The van der Waals surface area contributed by atoms with Crippen molar-refractivity contribution in [3.05, 3.63) is 47.5 Å². The zero-order valence-corrected chi connectivity index (χ0v) is 16.6. The second-order valence-corrected chi connectivity index (χ2v) is 7.28. The molecule has 0 unspecified atom stereocenters. The standard InChI is InChI=1S/C16H19ClN4O4S.ClH/c17-15-11-13(21(7-9-22)8-10-23)3-6-16(15)20-19-12-1-4-14(5-2-12)26(18,24)25;/h1-6,11,22-23H,7-10H2,(H2,18,24,25);1H. The Morgan fingerprint density at radius 3 is 2.07 bits per heavy atom. The summed E-state index contributed by atoms with van der Waals surface area (Å²) in [6.45, 7) is 0.642. The minimum atomic E-state index is -3.75. The molecule has 2 aromatic rings. The normalized spacial score (nSPS) is 11.4. The number of hydrogen-bond donors (Lipinski definition) is 3. The van der Waals surface area contributed by atoms with Crippen LogP contribution in [-0.4, -0.2) is 44.9 Å². The van der Waals surface area contributed by atoms with Gasteiger partial charge in [0.25, 0.3) is 0 Å². The number of benzene rings is 2.